The van der Waals surface area contributed by atoms with Crippen molar-refractivity contribution in [2.24, 2.45) is 0 Å². The normalized spacial score (nSPS) is 12.6. The van der Waals surface area contributed by atoms with Crippen molar-refractivity contribution in [1.29, 1.82) is 0 Å². The summed E-state index contributed by atoms with van der Waals surface area (Å²) in [5.74, 6) is -0.175. The summed E-state index contributed by atoms with van der Waals surface area (Å²) < 4.78 is 5.07. The van der Waals surface area contributed by atoms with Gasteiger partial charge in [0.25, 0.3) is 0 Å². The summed E-state index contributed by atoms with van der Waals surface area (Å²) in [5.41, 5.74) is 0.0639. The van der Waals surface area contributed by atoms with Crippen LogP contribution in [0.5, 0.6) is 0 Å². The lowest BCUT2D eigenvalue weighted by Crippen LogP contribution is -2.11. The van der Waals surface area contributed by atoms with Crippen LogP contribution in [-0.2, 0) is 9.53 Å². The van der Waals surface area contributed by atoms with Crippen molar-refractivity contribution in [2.75, 3.05) is 6.26 Å². The van der Waals surface area contributed by atoms with Crippen LogP contribution in [0, 0.1) is 0 Å². The first-order chi connectivity index (χ1) is 5.70. The number of hydrogen-bond donors (Lipinski definition) is 0. The SMILES string of the molecule is CCCCCC(OC(C)=O)SC. The van der Waals surface area contributed by atoms with Crippen molar-refractivity contribution in [3.63, 3.8) is 0 Å². The van der Waals surface area contributed by atoms with Crippen LogP contribution in [-0.4, -0.2) is 17.7 Å². The van der Waals surface area contributed by atoms with Crippen LogP contribution in [0.3, 0.4) is 0 Å². The molecule has 2 nitrogen and oxygen atoms in total. The van der Waals surface area contributed by atoms with E-state index < -0.39 is 0 Å². The predicted octanol–water partition coefficient (Wildman–Crippen LogP) is 2.82. The molecule has 72 valence electrons. The summed E-state index contributed by atoms with van der Waals surface area (Å²) in [6.45, 7) is 3.63. The molecule has 0 N–H and O–H groups in total. The maximum Gasteiger partial charge on any atom is 0.303 e. The van der Waals surface area contributed by atoms with E-state index in [0.29, 0.717) is 0 Å². The van der Waals surface area contributed by atoms with Crippen LogP contribution in [0.1, 0.15) is 39.5 Å². The molecule has 0 fully saturated rings. The van der Waals surface area contributed by atoms with E-state index in [1.165, 1.54) is 19.8 Å². The molecule has 1 atom stereocenters. The fourth-order valence-electron chi connectivity index (χ4n) is 0.971. The third-order valence-corrected chi connectivity index (χ3v) is 2.46. The molecule has 0 aliphatic carbocycles. The zero-order valence-electron chi connectivity index (χ0n) is 8.13. The lowest BCUT2D eigenvalue weighted by molar-refractivity contribution is -0.142. The minimum Gasteiger partial charge on any atom is -0.451 e. The van der Waals surface area contributed by atoms with E-state index in [-0.39, 0.29) is 11.4 Å². The number of esters is 1. The highest BCUT2D eigenvalue weighted by Gasteiger charge is 2.08. The van der Waals surface area contributed by atoms with Crippen molar-refractivity contribution in [1.82, 2.24) is 0 Å². The van der Waals surface area contributed by atoms with Crippen LogP contribution >= 0.6 is 11.8 Å². The zero-order chi connectivity index (χ0) is 9.40. The Morgan fingerprint density at radius 1 is 1.50 bits per heavy atom. The Hall–Kier alpha value is -0.180. The van der Waals surface area contributed by atoms with Crippen LogP contribution < -0.4 is 0 Å². The first-order valence-electron chi connectivity index (χ1n) is 4.40. The van der Waals surface area contributed by atoms with E-state index in [4.69, 9.17) is 4.74 Å². The molecule has 0 aromatic rings. The van der Waals surface area contributed by atoms with Gasteiger partial charge in [-0.3, -0.25) is 4.79 Å². The lowest BCUT2D eigenvalue weighted by atomic mass is 10.2. The fraction of sp³-hybridized carbons (Fsp3) is 0.889. The number of rotatable bonds is 6. The van der Waals surface area contributed by atoms with Crippen molar-refractivity contribution in [2.45, 2.75) is 45.0 Å². The average molecular weight is 190 g/mol. The monoisotopic (exact) mass is 190 g/mol. The first-order valence-corrected chi connectivity index (χ1v) is 5.69. The second-order valence-electron chi connectivity index (χ2n) is 2.77. The molecule has 0 spiro atoms. The van der Waals surface area contributed by atoms with Gasteiger partial charge in [0.2, 0.25) is 0 Å². The van der Waals surface area contributed by atoms with Gasteiger partial charge in [-0.25, -0.2) is 0 Å². The number of carbonyl (C=O) groups is 1. The molecule has 0 amide bonds. The van der Waals surface area contributed by atoms with Crippen LogP contribution in [0.15, 0.2) is 0 Å². The average Bonchev–Trinajstić information content (AvgIpc) is 2.02. The predicted molar refractivity (Wildman–Crippen MR) is 53.2 cm³/mol. The van der Waals surface area contributed by atoms with E-state index in [0.717, 1.165) is 12.8 Å². The number of carbonyl (C=O) groups excluding carboxylic acids is 1. The topological polar surface area (TPSA) is 26.3 Å². The Kier molecular flexibility index (Phi) is 7.36. The van der Waals surface area contributed by atoms with Crippen LogP contribution in [0.25, 0.3) is 0 Å². The van der Waals surface area contributed by atoms with E-state index >= 15 is 0 Å². The molecule has 0 aliphatic rings. The van der Waals surface area contributed by atoms with Gasteiger partial charge in [-0.2, -0.15) is 0 Å². The molecule has 0 aliphatic heterocycles. The maximum absolute atomic E-state index is 10.6. The van der Waals surface area contributed by atoms with Gasteiger partial charge in [-0.15, -0.1) is 11.8 Å². The minimum atomic E-state index is -0.175. The number of hydrogen-bond acceptors (Lipinski definition) is 3. The van der Waals surface area contributed by atoms with E-state index in [1.807, 2.05) is 6.26 Å². The summed E-state index contributed by atoms with van der Waals surface area (Å²) in [5, 5.41) is 0. The second kappa shape index (κ2) is 7.47. The zero-order valence-corrected chi connectivity index (χ0v) is 8.95. The van der Waals surface area contributed by atoms with Gasteiger partial charge < -0.3 is 4.74 Å². The third-order valence-electron chi connectivity index (χ3n) is 1.60. The molecule has 0 saturated heterocycles. The molecular formula is C9H18O2S. The number of thioether (sulfide) groups is 1. The van der Waals surface area contributed by atoms with Crippen LogP contribution in [0.4, 0.5) is 0 Å². The Morgan fingerprint density at radius 2 is 2.17 bits per heavy atom. The lowest BCUT2D eigenvalue weighted by Gasteiger charge is -2.13. The minimum absolute atomic E-state index is 0.0639. The number of ether oxygens (including phenoxy) is 1. The summed E-state index contributed by atoms with van der Waals surface area (Å²) in [6, 6.07) is 0. The molecule has 0 bridgehead atoms. The van der Waals surface area contributed by atoms with Crippen molar-refractivity contribution in [3.8, 4) is 0 Å². The maximum atomic E-state index is 10.6. The van der Waals surface area contributed by atoms with Crippen molar-refractivity contribution < 1.29 is 9.53 Å². The summed E-state index contributed by atoms with van der Waals surface area (Å²) in [4.78, 5) is 10.6. The molecule has 0 saturated carbocycles. The molecule has 0 aromatic heterocycles. The quantitative estimate of drug-likeness (QED) is 0.366. The highest BCUT2D eigenvalue weighted by Crippen LogP contribution is 2.16. The molecule has 0 radical (unpaired) electrons. The first kappa shape index (κ1) is 11.8. The molecular weight excluding hydrogens is 172 g/mol. The Balaban J connectivity index is 3.46. The van der Waals surface area contributed by atoms with Gasteiger partial charge in [0.15, 0.2) is 0 Å². The molecule has 0 rings (SSSR count). The Morgan fingerprint density at radius 3 is 2.58 bits per heavy atom. The second-order valence-corrected chi connectivity index (χ2v) is 3.77. The Bertz CT molecular complexity index is 126. The molecule has 0 aromatic carbocycles. The van der Waals surface area contributed by atoms with E-state index in [2.05, 4.69) is 6.92 Å². The molecule has 0 heterocycles. The molecule has 12 heavy (non-hydrogen) atoms. The molecule has 3 heteroatoms. The highest BCUT2D eigenvalue weighted by molar-refractivity contribution is 7.99. The van der Waals surface area contributed by atoms with Gasteiger partial charge >= 0.3 is 5.97 Å². The van der Waals surface area contributed by atoms with E-state index in [9.17, 15) is 4.79 Å². The van der Waals surface area contributed by atoms with Crippen molar-refractivity contribution in [3.05, 3.63) is 0 Å². The number of unbranched alkanes of at least 4 members (excludes halogenated alkanes) is 2. The van der Waals surface area contributed by atoms with Gasteiger partial charge in [0.1, 0.15) is 5.44 Å². The summed E-state index contributed by atoms with van der Waals surface area (Å²) in [7, 11) is 0. The van der Waals surface area contributed by atoms with Gasteiger partial charge in [-0.05, 0) is 19.1 Å². The van der Waals surface area contributed by atoms with Gasteiger partial charge in [-0.1, -0.05) is 19.8 Å². The van der Waals surface area contributed by atoms with Crippen molar-refractivity contribution >= 4 is 17.7 Å². The fourth-order valence-corrected chi connectivity index (χ4v) is 1.61. The van der Waals surface area contributed by atoms with Crippen LogP contribution in [0.2, 0.25) is 0 Å². The smallest absolute Gasteiger partial charge is 0.303 e. The standard InChI is InChI=1S/C9H18O2S/c1-4-5-6-7-9(12-3)11-8(2)10/h9H,4-7H2,1-3H3. The highest BCUT2D eigenvalue weighted by atomic mass is 32.2. The third kappa shape index (κ3) is 6.53. The summed E-state index contributed by atoms with van der Waals surface area (Å²) >= 11 is 1.61. The van der Waals surface area contributed by atoms with Gasteiger partial charge in [0, 0.05) is 6.92 Å². The van der Waals surface area contributed by atoms with Gasteiger partial charge in [0.05, 0.1) is 0 Å². The largest absolute Gasteiger partial charge is 0.451 e. The summed E-state index contributed by atoms with van der Waals surface area (Å²) in [6.07, 6.45) is 6.53. The Labute approximate surface area is 79.1 Å². The van der Waals surface area contributed by atoms with E-state index in [1.54, 1.807) is 11.8 Å². The molecule has 1 unspecified atom stereocenters.